The zero-order valence-corrected chi connectivity index (χ0v) is 31.5. The van der Waals surface area contributed by atoms with Crippen molar-refractivity contribution >= 4 is 65.0 Å². The molecule has 3 aliphatic rings. The molecule has 0 bridgehead atoms. The van der Waals surface area contributed by atoms with Crippen LogP contribution in [0.3, 0.4) is 0 Å². The number of benzene rings is 6. The van der Waals surface area contributed by atoms with Crippen LogP contribution in [0.5, 0.6) is 23.0 Å². The van der Waals surface area contributed by atoms with Crippen molar-refractivity contribution in [3.05, 3.63) is 142 Å². The average molecular weight is 732 g/mol. The van der Waals surface area contributed by atoms with Gasteiger partial charge in [-0.05, 0) is 0 Å². The van der Waals surface area contributed by atoms with Crippen LogP contribution in [0.1, 0.15) is 37.5 Å². The molecule has 0 saturated carbocycles. The van der Waals surface area contributed by atoms with Crippen LogP contribution >= 0.6 is 0 Å². The molecule has 3 heterocycles. The third-order valence-electron chi connectivity index (χ3n) is 10.4. The Morgan fingerprint density at radius 3 is 1.67 bits per heavy atom. The van der Waals surface area contributed by atoms with Gasteiger partial charge in [0.05, 0.1) is 0 Å². The topological polar surface area (TPSA) is 68.1 Å². The van der Waals surface area contributed by atoms with E-state index in [-0.39, 0.29) is 16.1 Å². The second-order valence-electron chi connectivity index (χ2n) is 14.9. The average Bonchev–Trinajstić information content (AvgIpc) is 3.09. The van der Waals surface area contributed by atoms with Gasteiger partial charge in [0.1, 0.15) is 0 Å². The van der Waals surface area contributed by atoms with Gasteiger partial charge in [0.2, 0.25) is 0 Å². The van der Waals surface area contributed by atoms with E-state index in [9.17, 15) is 10.1 Å². The Morgan fingerprint density at radius 2 is 1.14 bits per heavy atom. The number of nitro benzene ring substituents is 1. The van der Waals surface area contributed by atoms with Crippen molar-refractivity contribution in [2.45, 2.75) is 47.1 Å². The van der Waals surface area contributed by atoms with E-state index in [0.29, 0.717) is 0 Å². The van der Waals surface area contributed by atoms with Crippen molar-refractivity contribution < 1.29 is 14.4 Å². The van der Waals surface area contributed by atoms with Gasteiger partial charge in [0, 0.05) is 0 Å². The molecule has 1 atom stereocenters. The van der Waals surface area contributed by atoms with Crippen LogP contribution in [0.4, 0.5) is 34.1 Å². The zero-order chi connectivity index (χ0) is 35.4. The number of non-ortho nitro benzene ring substituents is 1. The normalized spacial score (nSPS) is 16.2. The standard InChI is InChI=1S/C43H37GeN3O4/c1-26-10-16-30(17-11-26)45(31-18-12-27(2)13-19-31)33-24-35-41-39(25-33)51-37-9-7-8-36-42(37)44(41,29-14-20-32(21-15-29)47(48)49)40-34(46(35)43(4,5)6)22-28(3)23-38(40)50-36/h7-25H,1-6H3. The predicted molar refractivity (Wildman–Crippen MR) is 208 cm³/mol. The Morgan fingerprint density at radius 1 is 0.608 bits per heavy atom. The van der Waals surface area contributed by atoms with Crippen molar-refractivity contribution in [2.24, 2.45) is 0 Å². The molecule has 0 saturated heterocycles. The predicted octanol–water partition coefficient (Wildman–Crippen LogP) is 8.83. The Bertz CT molecular complexity index is 2370. The summed E-state index contributed by atoms with van der Waals surface area (Å²) in [5.74, 6) is 3.23. The molecule has 0 aromatic heterocycles. The van der Waals surface area contributed by atoms with E-state index in [1.54, 1.807) is 12.1 Å². The summed E-state index contributed by atoms with van der Waals surface area (Å²) >= 11 is -4.01. The fourth-order valence-corrected chi connectivity index (χ4v) is 19.7. The fourth-order valence-electron chi connectivity index (χ4n) is 8.33. The molecule has 0 radical (unpaired) electrons. The van der Waals surface area contributed by atoms with E-state index in [4.69, 9.17) is 9.47 Å². The molecule has 7 nitrogen and oxygen atoms in total. The van der Waals surface area contributed by atoms with Gasteiger partial charge >= 0.3 is 301 Å². The molecule has 0 amide bonds. The summed E-state index contributed by atoms with van der Waals surface area (Å²) < 4.78 is 18.4. The summed E-state index contributed by atoms with van der Waals surface area (Å²) in [4.78, 5) is 16.3. The number of aryl methyl sites for hydroxylation is 3. The zero-order valence-electron chi connectivity index (χ0n) is 29.4. The minimum absolute atomic E-state index is 0.0746. The number of nitrogens with zero attached hydrogens (tertiary/aromatic N) is 3. The Kier molecular flexibility index (Phi) is 6.77. The van der Waals surface area contributed by atoms with Crippen LogP contribution in [0, 0.1) is 30.9 Å². The van der Waals surface area contributed by atoms with Crippen molar-refractivity contribution in [3.63, 3.8) is 0 Å². The molecular formula is C43H37GeN3O4. The molecule has 1 unspecified atom stereocenters. The number of hydrogen-bond donors (Lipinski definition) is 0. The van der Waals surface area contributed by atoms with Gasteiger partial charge in [-0.1, -0.05) is 0 Å². The number of ether oxygens (including phenoxy) is 2. The van der Waals surface area contributed by atoms with E-state index >= 15 is 0 Å². The quantitative estimate of drug-likeness (QED) is 0.100. The molecule has 8 heteroatoms. The summed E-state index contributed by atoms with van der Waals surface area (Å²) in [6, 6.07) is 39.6. The molecule has 51 heavy (non-hydrogen) atoms. The van der Waals surface area contributed by atoms with Gasteiger partial charge in [0.15, 0.2) is 0 Å². The van der Waals surface area contributed by atoms with Gasteiger partial charge in [-0.25, -0.2) is 0 Å². The van der Waals surface area contributed by atoms with E-state index in [0.717, 1.165) is 65.8 Å². The van der Waals surface area contributed by atoms with Crippen LogP contribution in [-0.4, -0.2) is 23.7 Å². The summed E-state index contributed by atoms with van der Waals surface area (Å²) in [6.07, 6.45) is 0. The fraction of sp³-hybridized carbons (Fsp3) is 0.163. The van der Waals surface area contributed by atoms with Crippen LogP contribution in [0.25, 0.3) is 0 Å². The van der Waals surface area contributed by atoms with Crippen LogP contribution in [-0.2, 0) is 0 Å². The molecule has 3 aliphatic heterocycles. The van der Waals surface area contributed by atoms with Gasteiger partial charge in [-0.2, -0.15) is 0 Å². The number of rotatable bonds is 5. The van der Waals surface area contributed by atoms with E-state index in [1.807, 2.05) is 30.3 Å². The summed E-state index contributed by atoms with van der Waals surface area (Å²) in [5, 5.41) is 11.9. The molecule has 6 aromatic rings. The van der Waals surface area contributed by atoms with Gasteiger partial charge in [0.25, 0.3) is 0 Å². The molecule has 0 spiro atoms. The first-order chi connectivity index (χ1) is 24.4. The molecule has 9 rings (SSSR count). The van der Waals surface area contributed by atoms with Gasteiger partial charge in [-0.15, -0.1) is 0 Å². The first-order valence-corrected chi connectivity index (χ1v) is 21.5. The van der Waals surface area contributed by atoms with Crippen molar-refractivity contribution in [2.75, 3.05) is 9.80 Å². The first-order valence-electron chi connectivity index (χ1n) is 17.3. The molecular weight excluding hydrogens is 695 g/mol. The second-order valence-corrected chi connectivity index (χ2v) is 22.4. The molecule has 0 aliphatic carbocycles. The second kappa shape index (κ2) is 11.0. The monoisotopic (exact) mass is 733 g/mol. The molecule has 0 fully saturated rings. The van der Waals surface area contributed by atoms with Crippen molar-refractivity contribution in [1.29, 1.82) is 0 Å². The van der Waals surface area contributed by atoms with E-state index < -0.39 is 13.3 Å². The van der Waals surface area contributed by atoms with Crippen LogP contribution in [0.2, 0.25) is 0 Å². The number of anilines is 5. The number of hydrogen-bond acceptors (Lipinski definition) is 6. The van der Waals surface area contributed by atoms with Gasteiger partial charge < -0.3 is 0 Å². The molecule has 0 N–H and O–H groups in total. The maximum atomic E-state index is 11.9. The minimum atomic E-state index is -4.01. The Hall–Kier alpha value is -5.54. The summed E-state index contributed by atoms with van der Waals surface area (Å²) in [7, 11) is 0. The Balaban J connectivity index is 1.43. The van der Waals surface area contributed by atoms with Crippen molar-refractivity contribution in [3.8, 4) is 23.0 Å². The third kappa shape index (κ3) is 4.57. The van der Waals surface area contributed by atoms with Gasteiger partial charge in [-0.3, -0.25) is 0 Å². The van der Waals surface area contributed by atoms with Crippen molar-refractivity contribution in [1.82, 2.24) is 0 Å². The van der Waals surface area contributed by atoms with E-state index in [1.165, 1.54) is 19.9 Å². The van der Waals surface area contributed by atoms with E-state index in [2.05, 4.69) is 124 Å². The first kappa shape index (κ1) is 31.4. The molecule has 6 aromatic carbocycles. The molecule has 252 valence electrons. The SMILES string of the molecule is Cc1ccc(N(c2ccc(C)cc2)c2cc3[c]4c(c2)N(C(C)(C)C)c2cc(C)cc5[c]2[Ge]4([c]2ccc([N+](=O)[O-])cc2)[c]2c(cccc2O3)O5)cc1. The summed E-state index contributed by atoms with van der Waals surface area (Å²) in [5.41, 5.74) is 8.50. The number of nitro groups is 1. The Labute approximate surface area is 300 Å². The maximum absolute atomic E-state index is 11.9. The van der Waals surface area contributed by atoms with Crippen LogP contribution in [0.15, 0.2) is 115 Å². The summed E-state index contributed by atoms with van der Waals surface area (Å²) in [6.45, 7) is 13.1. The third-order valence-corrected chi connectivity index (χ3v) is 20.7. The van der Waals surface area contributed by atoms with Crippen LogP contribution < -0.4 is 36.9 Å².